The van der Waals surface area contributed by atoms with Crippen LogP contribution in [0.15, 0.2) is 6.07 Å². The van der Waals surface area contributed by atoms with Gasteiger partial charge in [-0.25, -0.2) is 19.6 Å². The Morgan fingerprint density at radius 3 is 2.35 bits per heavy atom. The van der Waals surface area contributed by atoms with E-state index in [-0.39, 0.29) is 17.5 Å². The highest BCUT2D eigenvalue weighted by atomic mass is 19.1. The average Bonchev–Trinajstić information content (AvgIpc) is 2.30. The standard InChI is InChI=1S/C12H19F2N5O/c1-6(11(20)18-12(2,3)4)16-9-7(13)5-8(14)10(17-9)19-15/h5-6H,15H2,1-4H3,(H,18,20)(H2,16,17,19). The van der Waals surface area contributed by atoms with Gasteiger partial charge < -0.3 is 16.1 Å². The number of halogens is 2. The molecule has 0 aliphatic carbocycles. The first-order chi connectivity index (χ1) is 9.14. The van der Waals surface area contributed by atoms with Crippen LogP contribution in [0.3, 0.4) is 0 Å². The van der Waals surface area contributed by atoms with Gasteiger partial charge in [-0.2, -0.15) is 0 Å². The lowest BCUT2D eigenvalue weighted by atomic mass is 10.1. The first-order valence-electron chi connectivity index (χ1n) is 6.05. The molecular weight excluding hydrogens is 268 g/mol. The molecule has 0 bridgehead atoms. The minimum Gasteiger partial charge on any atom is -0.356 e. The molecule has 0 aliphatic rings. The maximum atomic E-state index is 13.6. The van der Waals surface area contributed by atoms with E-state index in [1.165, 1.54) is 0 Å². The number of nitrogens with one attached hydrogen (secondary N) is 3. The Hall–Kier alpha value is -1.96. The van der Waals surface area contributed by atoms with Crippen molar-refractivity contribution in [2.24, 2.45) is 5.84 Å². The van der Waals surface area contributed by atoms with Crippen molar-refractivity contribution in [3.05, 3.63) is 17.7 Å². The third-order valence-electron chi connectivity index (χ3n) is 2.31. The molecule has 1 heterocycles. The first-order valence-corrected chi connectivity index (χ1v) is 6.05. The van der Waals surface area contributed by atoms with Crippen LogP contribution < -0.4 is 21.9 Å². The number of nitrogen functional groups attached to an aromatic ring is 1. The van der Waals surface area contributed by atoms with Gasteiger partial charge >= 0.3 is 0 Å². The minimum absolute atomic E-state index is 0.254. The summed E-state index contributed by atoms with van der Waals surface area (Å²) < 4.78 is 26.8. The van der Waals surface area contributed by atoms with Gasteiger partial charge in [0, 0.05) is 11.6 Å². The zero-order valence-corrected chi connectivity index (χ0v) is 11.8. The van der Waals surface area contributed by atoms with E-state index in [2.05, 4.69) is 15.6 Å². The van der Waals surface area contributed by atoms with E-state index in [0.29, 0.717) is 6.07 Å². The van der Waals surface area contributed by atoms with E-state index >= 15 is 0 Å². The average molecular weight is 287 g/mol. The zero-order chi connectivity index (χ0) is 15.5. The van der Waals surface area contributed by atoms with Crippen LogP contribution in [0.4, 0.5) is 20.4 Å². The summed E-state index contributed by atoms with van der Waals surface area (Å²) >= 11 is 0. The van der Waals surface area contributed by atoms with Crippen molar-refractivity contribution >= 4 is 17.5 Å². The molecule has 6 nitrogen and oxygen atoms in total. The summed E-state index contributed by atoms with van der Waals surface area (Å²) in [6.45, 7) is 7.02. The van der Waals surface area contributed by atoms with Crippen LogP contribution in [-0.2, 0) is 4.79 Å². The van der Waals surface area contributed by atoms with Crippen molar-refractivity contribution < 1.29 is 13.6 Å². The minimum atomic E-state index is -0.914. The van der Waals surface area contributed by atoms with Crippen molar-refractivity contribution in [1.29, 1.82) is 0 Å². The summed E-state index contributed by atoms with van der Waals surface area (Å²) in [7, 11) is 0. The number of nitrogens with two attached hydrogens (primary N) is 1. The zero-order valence-electron chi connectivity index (χ0n) is 11.8. The summed E-state index contributed by atoms with van der Waals surface area (Å²) in [4.78, 5) is 15.5. The molecule has 0 aliphatic heterocycles. The Bertz CT molecular complexity index is 501. The lowest BCUT2D eigenvalue weighted by Crippen LogP contribution is -2.47. The van der Waals surface area contributed by atoms with Gasteiger partial charge in [0.05, 0.1) is 0 Å². The number of carbonyl (C=O) groups excluding carboxylic acids is 1. The van der Waals surface area contributed by atoms with Gasteiger partial charge in [-0.05, 0) is 27.7 Å². The number of amides is 1. The third kappa shape index (κ3) is 4.30. The van der Waals surface area contributed by atoms with Crippen molar-refractivity contribution in [2.45, 2.75) is 39.3 Å². The van der Waals surface area contributed by atoms with E-state index in [0.717, 1.165) is 0 Å². The Balaban J connectivity index is 2.85. The number of anilines is 2. The van der Waals surface area contributed by atoms with E-state index < -0.39 is 23.2 Å². The Morgan fingerprint density at radius 1 is 1.30 bits per heavy atom. The van der Waals surface area contributed by atoms with Gasteiger partial charge in [-0.15, -0.1) is 0 Å². The fraction of sp³-hybridized carbons (Fsp3) is 0.500. The Labute approximate surface area is 116 Å². The van der Waals surface area contributed by atoms with Crippen molar-refractivity contribution in [3.63, 3.8) is 0 Å². The van der Waals surface area contributed by atoms with Crippen LogP contribution in [-0.4, -0.2) is 22.5 Å². The third-order valence-corrected chi connectivity index (χ3v) is 2.31. The van der Waals surface area contributed by atoms with E-state index in [1.54, 1.807) is 6.92 Å². The highest BCUT2D eigenvalue weighted by Gasteiger charge is 2.21. The molecule has 1 amide bonds. The van der Waals surface area contributed by atoms with Gasteiger partial charge in [0.25, 0.3) is 0 Å². The molecule has 1 aromatic rings. The Morgan fingerprint density at radius 2 is 1.85 bits per heavy atom. The maximum Gasteiger partial charge on any atom is 0.242 e. The van der Waals surface area contributed by atoms with Gasteiger partial charge in [0.2, 0.25) is 5.91 Å². The summed E-state index contributed by atoms with van der Waals surface area (Å²) in [6.07, 6.45) is 0. The number of rotatable bonds is 4. The molecule has 0 aromatic carbocycles. The van der Waals surface area contributed by atoms with Crippen LogP contribution in [0.25, 0.3) is 0 Å². The summed E-state index contributed by atoms with van der Waals surface area (Å²) in [5, 5.41) is 5.31. The monoisotopic (exact) mass is 287 g/mol. The van der Waals surface area contributed by atoms with Crippen LogP contribution in [0.5, 0.6) is 0 Å². The molecule has 0 radical (unpaired) electrons. The number of hydrazine groups is 1. The number of aromatic nitrogens is 1. The molecule has 112 valence electrons. The molecule has 1 rings (SSSR count). The number of carbonyl (C=O) groups is 1. The van der Waals surface area contributed by atoms with Crippen molar-refractivity contribution in [3.8, 4) is 0 Å². The highest BCUT2D eigenvalue weighted by Crippen LogP contribution is 2.19. The molecule has 1 aromatic heterocycles. The predicted molar refractivity (Wildman–Crippen MR) is 72.9 cm³/mol. The number of hydrogen-bond acceptors (Lipinski definition) is 5. The molecule has 5 N–H and O–H groups in total. The second-order valence-corrected chi connectivity index (χ2v) is 5.40. The van der Waals surface area contributed by atoms with Crippen LogP contribution >= 0.6 is 0 Å². The Kier molecular flexibility index (Phi) is 4.83. The molecule has 8 heteroatoms. The predicted octanol–water partition coefficient (Wildman–Crippen LogP) is 1.36. The summed E-state index contributed by atoms with van der Waals surface area (Å²) in [6, 6.07) is -0.105. The summed E-state index contributed by atoms with van der Waals surface area (Å²) in [5.41, 5.74) is 1.60. The second kappa shape index (κ2) is 6.00. The van der Waals surface area contributed by atoms with E-state index in [1.807, 2.05) is 26.2 Å². The molecule has 0 fully saturated rings. The maximum absolute atomic E-state index is 13.6. The molecule has 0 saturated carbocycles. The van der Waals surface area contributed by atoms with Crippen molar-refractivity contribution in [2.75, 3.05) is 10.7 Å². The van der Waals surface area contributed by atoms with Crippen LogP contribution in [0.2, 0.25) is 0 Å². The molecule has 1 atom stereocenters. The van der Waals surface area contributed by atoms with Crippen LogP contribution in [0, 0.1) is 11.6 Å². The quantitative estimate of drug-likeness (QED) is 0.496. The molecule has 0 spiro atoms. The summed E-state index contributed by atoms with van der Waals surface area (Å²) in [5.74, 6) is 2.35. The normalized spacial score (nSPS) is 12.8. The number of nitrogens with zero attached hydrogens (tertiary/aromatic N) is 1. The fourth-order valence-electron chi connectivity index (χ4n) is 1.42. The molecule has 1 unspecified atom stereocenters. The first kappa shape index (κ1) is 16.1. The van der Waals surface area contributed by atoms with E-state index in [9.17, 15) is 13.6 Å². The van der Waals surface area contributed by atoms with E-state index in [4.69, 9.17) is 5.84 Å². The van der Waals surface area contributed by atoms with Gasteiger partial charge in [-0.1, -0.05) is 0 Å². The molecule has 20 heavy (non-hydrogen) atoms. The number of pyridine rings is 1. The second-order valence-electron chi connectivity index (χ2n) is 5.40. The van der Waals surface area contributed by atoms with Crippen molar-refractivity contribution in [1.82, 2.24) is 10.3 Å². The topological polar surface area (TPSA) is 92.1 Å². The van der Waals surface area contributed by atoms with Gasteiger partial charge in [0.1, 0.15) is 6.04 Å². The number of hydrogen-bond donors (Lipinski definition) is 4. The van der Waals surface area contributed by atoms with Gasteiger partial charge in [-0.3, -0.25) is 4.79 Å². The lowest BCUT2D eigenvalue weighted by Gasteiger charge is -2.24. The molecular formula is C12H19F2N5O. The highest BCUT2D eigenvalue weighted by molar-refractivity contribution is 5.84. The lowest BCUT2D eigenvalue weighted by molar-refractivity contribution is -0.122. The molecule has 0 saturated heterocycles. The smallest absolute Gasteiger partial charge is 0.242 e. The largest absolute Gasteiger partial charge is 0.356 e. The van der Waals surface area contributed by atoms with Crippen LogP contribution in [0.1, 0.15) is 27.7 Å². The van der Waals surface area contributed by atoms with Gasteiger partial charge in [0.15, 0.2) is 23.3 Å². The SMILES string of the molecule is CC(Nc1nc(NN)c(F)cc1F)C(=O)NC(C)(C)C. The fourth-order valence-corrected chi connectivity index (χ4v) is 1.42.